The average molecular weight is 421 g/mol. The van der Waals surface area contributed by atoms with Gasteiger partial charge in [-0.15, -0.1) is 12.4 Å². The zero-order valence-corrected chi connectivity index (χ0v) is 15.1. The van der Waals surface area contributed by atoms with Gasteiger partial charge >= 0.3 is 0 Å². The van der Waals surface area contributed by atoms with E-state index in [4.69, 9.17) is 0 Å². The van der Waals surface area contributed by atoms with Crippen molar-refractivity contribution < 1.29 is 4.79 Å². The number of nitrogens with one attached hydrogen (secondary N) is 1. The molecule has 2 fully saturated rings. The molecule has 0 aromatic heterocycles. The number of nitrogens with zero attached hydrogens (tertiary/aromatic N) is 1. The van der Waals surface area contributed by atoms with Gasteiger partial charge in [0.05, 0.1) is 5.56 Å². The topological polar surface area (TPSA) is 32.3 Å². The van der Waals surface area contributed by atoms with E-state index >= 15 is 0 Å². The van der Waals surface area contributed by atoms with Crippen LogP contribution in [0.15, 0.2) is 24.3 Å². The van der Waals surface area contributed by atoms with Gasteiger partial charge in [0.1, 0.15) is 0 Å². The summed E-state index contributed by atoms with van der Waals surface area (Å²) in [5.74, 6) is 0.207. The highest BCUT2D eigenvalue weighted by molar-refractivity contribution is 14.1. The molecule has 0 radical (unpaired) electrons. The van der Waals surface area contributed by atoms with Crippen LogP contribution in [0, 0.1) is 8.99 Å². The summed E-state index contributed by atoms with van der Waals surface area (Å²) in [7, 11) is 0. The lowest BCUT2D eigenvalue weighted by molar-refractivity contribution is 0.0495. The Hall–Kier alpha value is -0.330. The SMILES string of the molecule is Cl.O=C(c1ccccc1I)N1CCC2(CCNCC2)CC1. The van der Waals surface area contributed by atoms with Gasteiger partial charge in [0.2, 0.25) is 0 Å². The van der Waals surface area contributed by atoms with Gasteiger partial charge in [0, 0.05) is 16.7 Å². The quantitative estimate of drug-likeness (QED) is 0.707. The third-order valence-electron chi connectivity index (χ3n) is 4.88. The first kappa shape index (κ1) is 17.0. The van der Waals surface area contributed by atoms with Crippen molar-refractivity contribution in [1.29, 1.82) is 0 Å². The second-order valence-electron chi connectivity index (χ2n) is 6.02. The van der Waals surface area contributed by atoms with Crippen LogP contribution in [0.4, 0.5) is 0 Å². The summed E-state index contributed by atoms with van der Waals surface area (Å²) in [4.78, 5) is 14.6. The Labute approximate surface area is 146 Å². The number of rotatable bonds is 1. The van der Waals surface area contributed by atoms with E-state index in [9.17, 15) is 4.79 Å². The molecule has 2 aliphatic heterocycles. The lowest BCUT2D eigenvalue weighted by Gasteiger charge is -2.44. The molecule has 1 aromatic rings. The van der Waals surface area contributed by atoms with Crippen LogP contribution in [0.1, 0.15) is 36.0 Å². The standard InChI is InChI=1S/C16H21IN2O.ClH/c17-14-4-2-1-3-13(14)15(20)19-11-7-16(8-12-19)5-9-18-10-6-16;/h1-4,18H,5-12H2;1H. The number of piperidine rings is 2. The van der Waals surface area contributed by atoms with Crippen LogP contribution < -0.4 is 5.32 Å². The number of benzene rings is 1. The molecule has 0 unspecified atom stereocenters. The van der Waals surface area contributed by atoms with Crippen LogP contribution in [-0.2, 0) is 0 Å². The van der Waals surface area contributed by atoms with Gasteiger partial charge in [-0.05, 0) is 78.9 Å². The van der Waals surface area contributed by atoms with E-state index in [0.29, 0.717) is 5.41 Å². The third kappa shape index (κ3) is 3.71. The molecule has 2 heterocycles. The number of halogens is 2. The average Bonchev–Trinajstić information content (AvgIpc) is 2.49. The molecular formula is C16H22ClIN2O. The molecule has 3 rings (SSSR count). The van der Waals surface area contributed by atoms with E-state index in [1.54, 1.807) is 0 Å². The first-order valence-electron chi connectivity index (χ1n) is 7.45. The van der Waals surface area contributed by atoms with Crippen LogP contribution in [0.5, 0.6) is 0 Å². The summed E-state index contributed by atoms with van der Waals surface area (Å²) in [6.07, 6.45) is 4.89. The molecular weight excluding hydrogens is 399 g/mol. The highest BCUT2D eigenvalue weighted by Gasteiger charge is 2.36. The summed E-state index contributed by atoms with van der Waals surface area (Å²) >= 11 is 2.25. The Kier molecular flexibility index (Phi) is 5.91. The molecule has 21 heavy (non-hydrogen) atoms. The van der Waals surface area contributed by atoms with Crippen LogP contribution in [0.25, 0.3) is 0 Å². The second kappa shape index (κ2) is 7.29. The highest BCUT2D eigenvalue weighted by Crippen LogP contribution is 2.39. The first-order valence-corrected chi connectivity index (χ1v) is 8.53. The van der Waals surface area contributed by atoms with E-state index in [-0.39, 0.29) is 18.3 Å². The van der Waals surface area contributed by atoms with Crippen molar-refractivity contribution in [3.8, 4) is 0 Å². The number of carbonyl (C=O) groups excluding carboxylic acids is 1. The van der Waals surface area contributed by atoms with Gasteiger partial charge in [-0.2, -0.15) is 0 Å². The van der Waals surface area contributed by atoms with Gasteiger partial charge < -0.3 is 10.2 Å². The normalized spacial score (nSPS) is 20.9. The van der Waals surface area contributed by atoms with Crippen molar-refractivity contribution in [2.45, 2.75) is 25.7 Å². The molecule has 5 heteroatoms. The third-order valence-corrected chi connectivity index (χ3v) is 5.82. The summed E-state index contributed by atoms with van der Waals surface area (Å²) in [6.45, 7) is 4.13. The van der Waals surface area contributed by atoms with Crippen molar-refractivity contribution in [3.05, 3.63) is 33.4 Å². The van der Waals surface area contributed by atoms with Gasteiger partial charge in [-0.25, -0.2) is 0 Å². The Morgan fingerprint density at radius 3 is 2.33 bits per heavy atom. The molecule has 116 valence electrons. The van der Waals surface area contributed by atoms with Crippen LogP contribution >= 0.6 is 35.0 Å². The molecule has 1 amide bonds. The fourth-order valence-corrected chi connectivity index (χ4v) is 4.06. The number of hydrogen-bond acceptors (Lipinski definition) is 2. The van der Waals surface area contributed by atoms with E-state index in [0.717, 1.165) is 35.3 Å². The van der Waals surface area contributed by atoms with Crippen LogP contribution in [-0.4, -0.2) is 37.0 Å². The highest BCUT2D eigenvalue weighted by atomic mass is 127. The fraction of sp³-hybridized carbons (Fsp3) is 0.562. The van der Waals surface area contributed by atoms with Crippen molar-refractivity contribution in [3.63, 3.8) is 0 Å². The fourth-order valence-electron chi connectivity index (χ4n) is 3.45. The van der Waals surface area contributed by atoms with Crippen molar-refractivity contribution in [2.75, 3.05) is 26.2 Å². The Morgan fingerprint density at radius 2 is 1.71 bits per heavy atom. The number of likely N-dealkylation sites (tertiary alicyclic amines) is 1. The molecule has 0 atom stereocenters. The lowest BCUT2D eigenvalue weighted by atomic mass is 9.71. The number of amides is 1. The minimum atomic E-state index is 0. The molecule has 2 saturated heterocycles. The Balaban J connectivity index is 0.00000161. The van der Waals surface area contributed by atoms with E-state index in [2.05, 4.69) is 27.9 Å². The molecule has 2 aliphatic rings. The monoisotopic (exact) mass is 420 g/mol. The predicted molar refractivity (Wildman–Crippen MR) is 96.1 cm³/mol. The van der Waals surface area contributed by atoms with Gasteiger partial charge in [-0.1, -0.05) is 12.1 Å². The maximum atomic E-state index is 12.6. The summed E-state index contributed by atoms with van der Waals surface area (Å²) < 4.78 is 1.05. The summed E-state index contributed by atoms with van der Waals surface area (Å²) in [5.41, 5.74) is 1.36. The smallest absolute Gasteiger partial charge is 0.254 e. The zero-order chi connectivity index (χ0) is 14.0. The van der Waals surface area contributed by atoms with Crippen molar-refractivity contribution in [1.82, 2.24) is 10.2 Å². The van der Waals surface area contributed by atoms with Crippen LogP contribution in [0.3, 0.4) is 0 Å². The van der Waals surface area contributed by atoms with E-state index in [1.807, 2.05) is 29.2 Å². The summed E-state index contributed by atoms with van der Waals surface area (Å²) in [6, 6.07) is 7.89. The predicted octanol–water partition coefficient (Wildman–Crippen LogP) is 3.32. The second-order valence-corrected chi connectivity index (χ2v) is 7.18. The molecule has 0 aliphatic carbocycles. The molecule has 3 nitrogen and oxygen atoms in total. The first-order chi connectivity index (χ1) is 9.70. The van der Waals surface area contributed by atoms with E-state index in [1.165, 1.54) is 25.7 Å². The number of hydrogen-bond donors (Lipinski definition) is 1. The van der Waals surface area contributed by atoms with Gasteiger partial charge in [0.25, 0.3) is 5.91 Å². The largest absolute Gasteiger partial charge is 0.339 e. The maximum absolute atomic E-state index is 12.6. The molecule has 0 saturated carbocycles. The Morgan fingerprint density at radius 1 is 1.10 bits per heavy atom. The molecule has 1 aromatic carbocycles. The zero-order valence-electron chi connectivity index (χ0n) is 12.1. The Bertz CT molecular complexity index is 493. The van der Waals surface area contributed by atoms with Crippen molar-refractivity contribution in [2.24, 2.45) is 5.41 Å². The molecule has 1 N–H and O–H groups in total. The minimum absolute atomic E-state index is 0. The van der Waals surface area contributed by atoms with E-state index < -0.39 is 0 Å². The number of carbonyl (C=O) groups is 1. The lowest BCUT2D eigenvalue weighted by Crippen LogP contribution is -2.47. The molecule has 0 bridgehead atoms. The maximum Gasteiger partial charge on any atom is 0.254 e. The molecule has 1 spiro atoms. The minimum Gasteiger partial charge on any atom is -0.339 e. The van der Waals surface area contributed by atoms with Gasteiger partial charge in [-0.3, -0.25) is 4.79 Å². The van der Waals surface area contributed by atoms with Crippen molar-refractivity contribution >= 4 is 40.9 Å². The summed E-state index contributed by atoms with van der Waals surface area (Å²) in [5, 5.41) is 3.44. The van der Waals surface area contributed by atoms with Gasteiger partial charge in [0.15, 0.2) is 0 Å². The van der Waals surface area contributed by atoms with Crippen LogP contribution in [0.2, 0.25) is 0 Å².